The molecule has 0 amide bonds. The number of aliphatic hydroxyl groups excluding tert-OH is 1. The summed E-state index contributed by atoms with van der Waals surface area (Å²) in [6.45, 7) is 5.29. The monoisotopic (exact) mass is 248 g/mol. The van der Waals surface area contributed by atoms with E-state index in [4.69, 9.17) is 11.1 Å². The minimum Gasteiger partial charge on any atom is -0.391 e. The first-order valence-electron chi connectivity index (χ1n) is 6.24. The Morgan fingerprint density at radius 1 is 1.56 bits per heavy atom. The average Bonchev–Trinajstić information content (AvgIpc) is 2.27. The summed E-state index contributed by atoms with van der Waals surface area (Å²) in [5.41, 5.74) is 8.96. The molecule has 5 nitrogen and oxygen atoms in total. The van der Waals surface area contributed by atoms with Crippen LogP contribution >= 0.6 is 0 Å². The number of nitrogens with one attached hydrogen (secondary N) is 1. The lowest BCUT2D eigenvalue weighted by atomic mass is 10.0. The zero-order valence-corrected chi connectivity index (χ0v) is 10.9. The molecule has 2 heterocycles. The van der Waals surface area contributed by atoms with E-state index in [1.807, 2.05) is 19.9 Å². The van der Waals surface area contributed by atoms with Gasteiger partial charge in [0.15, 0.2) is 0 Å². The Balaban J connectivity index is 2.44. The van der Waals surface area contributed by atoms with Gasteiger partial charge in [0.2, 0.25) is 0 Å². The van der Waals surface area contributed by atoms with Crippen molar-refractivity contribution in [3.05, 3.63) is 23.0 Å². The first-order chi connectivity index (χ1) is 8.49. The number of nitrogens with zero attached hydrogens (tertiary/aromatic N) is 2. The Morgan fingerprint density at radius 3 is 2.89 bits per heavy atom. The number of amidine groups is 1. The number of aliphatic hydroxyl groups is 1. The van der Waals surface area contributed by atoms with E-state index in [1.165, 1.54) is 0 Å². The van der Waals surface area contributed by atoms with Crippen molar-refractivity contribution in [1.29, 1.82) is 5.41 Å². The van der Waals surface area contributed by atoms with Crippen LogP contribution in [0.2, 0.25) is 0 Å². The third-order valence-corrected chi connectivity index (χ3v) is 3.31. The lowest BCUT2D eigenvalue weighted by Crippen LogP contribution is -2.39. The molecule has 0 radical (unpaired) electrons. The fraction of sp³-hybridized carbons (Fsp3) is 0.538. The molecule has 1 aromatic heterocycles. The second-order valence-electron chi connectivity index (χ2n) is 4.90. The summed E-state index contributed by atoms with van der Waals surface area (Å²) in [4.78, 5) is 6.46. The van der Waals surface area contributed by atoms with E-state index in [0.717, 1.165) is 36.5 Å². The van der Waals surface area contributed by atoms with Gasteiger partial charge in [-0.15, -0.1) is 0 Å². The van der Waals surface area contributed by atoms with E-state index in [0.29, 0.717) is 12.1 Å². The fourth-order valence-corrected chi connectivity index (χ4v) is 2.56. The van der Waals surface area contributed by atoms with E-state index in [-0.39, 0.29) is 11.9 Å². The molecule has 0 aromatic carbocycles. The normalized spacial score (nSPS) is 19.9. The first kappa shape index (κ1) is 12.8. The molecule has 1 saturated heterocycles. The number of anilines is 1. The predicted molar refractivity (Wildman–Crippen MR) is 72.2 cm³/mol. The molecule has 1 atom stereocenters. The quantitative estimate of drug-likeness (QED) is 0.537. The summed E-state index contributed by atoms with van der Waals surface area (Å²) in [6, 6.07) is 1.95. The number of hydrogen-bond donors (Lipinski definition) is 3. The smallest absolute Gasteiger partial charge is 0.126 e. The van der Waals surface area contributed by atoms with Gasteiger partial charge in [0.25, 0.3) is 0 Å². The van der Waals surface area contributed by atoms with Gasteiger partial charge in [-0.1, -0.05) is 0 Å². The molecule has 1 unspecified atom stereocenters. The number of nitrogen functional groups attached to an aromatic ring is 1. The second-order valence-corrected chi connectivity index (χ2v) is 4.90. The number of aryl methyl sites for hydroxylation is 2. The minimum absolute atomic E-state index is 0.0371. The van der Waals surface area contributed by atoms with Gasteiger partial charge in [-0.3, -0.25) is 10.4 Å². The van der Waals surface area contributed by atoms with Crippen molar-refractivity contribution in [3.8, 4) is 0 Å². The number of rotatable bonds is 2. The minimum atomic E-state index is -0.299. The van der Waals surface area contributed by atoms with E-state index < -0.39 is 0 Å². The standard InChI is InChI=1S/C13H20N4O/c1-8-6-11(12(13(14)15)9(2)16-8)17-5-3-4-10(18)7-17/h6,10,18H,3-5,7H2,1-2H3,(H3,14,15). The van der Waals surface area contributed by atoms with Gasteiger partial charge in [-0.2, -0.15) is 0 Å². The van der Waals surface area contributed by atoms with Crippen molar-refractivity contribution in [3.63, 3.8) is 0 Å². The molecule has 0 spiro atoms. The molecule has 18 heavy (non-hydrogen) atoms. The van der Waals surface area contributed by atoms with Crippen molar-refractivity contribution in [2.24, 2.45) is 5.73 Å². The van der Waals surface area contributed by atoms with Gasteiger partial charge in [-0.05, 0) is 32.8 Å². The lowest BCUT2D eigenvalue weighted by Gasteiger charge is -2.33. The highest BCUT2D eigenvalue weighted by molar-refractivity contribution is 6.01. The molecule has 4 N–H and O–H groups in total. The van der Waals surface area contributed by atoms with Crippen molar-refractivity contribution < 1.29 is 5.11 Å². The molecule has 2 rings (SSSR count). The van der Waals surface area contributed by atoms with Crippen molar-refractivity contribution in [2.75, 3.05) is 18.0 Å². The van der Waals surface area contributed by atoms with Crippen LogP contribution in [0.3, 0.4) is 0 Å². The van der Waals surface area contributed by atoms with Crippen LogP contribution in [-0.2, 0) is 0 Å². The van der Waals surface area contributed by atoms with Gasteiger partial charge in [0, 0.05) is 18.8 Å². The number of nitrogens with two attached hydrogens (primary N) is 1. The molecule has 98 valence electrons. The number of β-amino-alcohol motifs (C(OH)–C–C–N with tert-alkyl or cyclic N) is 1. The Kier molecular flexibility index (Phi) is 3.52. The Bertz CT molecular complexity index is 472. The summed E-state index contributed by atoms with van der Waals surface area (Å²) in [6.07, 6.45) is 1.50. The Hall–Kier alpha value is -1.62. The van der Waals surface area contributed by atoms with Crippen LogP contribution in [0, 0.1) is 19.3 Å². The maximum atomic E-state index is 9.77. The Labute approximate surface area is 107 Å². The van der Waals surface area contributed by atoms with Crippen molar-refractivity contribution >= 4 is 11.5 Å². The molecule has 1 aliphatic heterocycles. The first-order valence-corrected chi connectivity index (χ1v) is 6.24. The summed E-state index contributed by atoms with van der Waals surface area (Å²) in [7, 11) is 0. The Morgan fingerprint density at radius 2 is 2.28 bits per heavy atom. The number of hydrogen-bond acceptors (Lipinski definition) is 4. The third-order valence-electron chi connectivity index (χ3n) is 3.31. The third kappa shape index (κ3) is 2.46. The molecule has 0 aliphatic carbocycles. The van der Waals surface area contributed by atoms with Gasteiger partial charge >= 0.3 is 0 Å². The highest BCUT2D eigenvalue weighted by Crippen LogP contribution is 2.26. The molecular formula is C13H20N4O. The molecule has 1 aliphatic rings. The summed E-state index contributed by atoms with van der Waals surface area (Å²) < 4.78 is 0. The zero-order chi connectivity index (χ0) is 13.3. The van der Waals surface area contributed by atoms with E-state index in [1.54, 1.807) is 0 Å². The van der Waals surface area contributed by atoms with Crippen LogP contribution in [0.5, 0.6) is 0 Å². The summed E-state index contributed by atoms with van der Waals surface area (Å²) >= 11 is 0. The van der Waals surface area contributed by atoms with Crippen LogP contribution in [0.4, 0.5) is 5.69 Å². The number of piperidine rings is 1. The van der Waals surface area contributed by atoms with Gasteiger partial charge in [0.05, 0.1) is 23.0 Å². The van der Waals surface area contributed by atoms with Gasteiger partial charge < -0.3 is 15.7 Å². The van der Waals surface area contributed by atoms with E-state index >= 15 is 0 Å². The largest absolute Gasteiger partial charge is 0.391 e. The molecule has 0 bridgehead atoms. The van der Waals surface area contributed by atoms with Crippen molar-refractivity contribution in [1.82, 2.24) is 4.98 Å². The lowest BCUT2D eigenvalue weighted by molar-refractivity contribution is 0.154. The maximum Gasteiger partial charge on any atom is 0.126 e. The average molecular weight is 248 g/mol. The van der Waals surface area contributed by atoms with Crippen LogP contribution in [-0.4, -0.2) is 35.1 Å². The SMILES string of the molecule is Cc1cc(N2CCCC(O)C2)c(C(=N)N)c(C)n1. The van der Waals surface area contributed by atoms with Gasteiger partial charge in [-0.25, -0.2) is 0 Å². The van der Waals surface area contributed by atoms with Gasteiger partial charge in [0.1, 0.15) is 5.84 Å². The molecule has 0 saturated carbocycles. The predicted octanol–water partition coefficient (Wildman–Crippen LogP) is 0.944. The van der Waals surface area contributed by atoms with Crippen LogP contribution < -0.4 is 10.6 Å². The zero-order valence-electron chi connectivity index (χ0n) is 10.9. The summed E-state index contributed by atoms with van der Waals surface area (Å²) in [5.74, 6) is 0.0371. The number of aromatic nitrogens is 1. The second kappa shape index (κ2) is 4.94. The summed E-state index contributed by atoms with van der Waals surface area (Å²) in [5, 5.41) is 17.5. The molecule has 1 fully saturated rings. The topological polar surface area (TPSA) is 86.2 Å². The van der Waals surface area contributed by atoms with Crippen molar-refractivity contribution in [2.45, 2.75) is 32.8 Å². The molecule has 5 heteroatoms. The highest BCUT2D eigenvalue weighted by atomic mass is 16.3. The fourth-order valence-electron chi connectivity index (χ4n) is 2.56. The van der Waals surface area contributed by atoms with Crippen LogP contribution in [0.15, 0.2) is 6.07 Å². The molecular weight excluding hydrogens is 228 g/mol. The van der Waals surface area contributed by atoms with Crippen LogP contribution in [0.25, 0.3) is 0 Å². The molecule has 1 aromatic rings. The maximum absolute atomic E-state index is 9.77. The highest BCUT2D eigenvalue weighted by Gasteiger charge is 2.22. The number of pyridine rings is 1. The van der Waals surface area contributed by atoms with Crippen LogP contribution in [0.1, 0.15) is 29.8 Å². The van der Waals surface area contributed by atoms with E-state index in [2.05, 4.69) is 9.88 Å². The van der Waals surface area contributed by atoms with E-state index in [9.17, 15) is 5.11 Å².